The van der Waals surface area contributed by atoms with E-state index >= 15 is 0 Å². The van der Waals surface area contributed by atoms with Crippen molar-refractivity contribution in [1.82, 2.24) is 9.80 Å². The van der Waals surface area contributed by atoms with Crippen molar-refractivity contribution in [2.75, 3.05) is 52.6 Å². The Bertz CT molecular complexity index is 542. The highest BCUT2D eigenvalue weighted by molar-refractivity contribution is 6.31. The summed E-state index contributed by atoms with van der Waals surface area (Å²) in [5.41, 5.74) is 0.848. The number of hydrogen-bond acceptors (Lipinski definition) is 6. The molecule has 1 aromatic carbocycles. The molecule has 8 heteroatoms. The third-order valence-corrected chi connectivity index (χ3v) is 4.60. The number of benzene rings is 1. The number of halogens is 1. The lowest BCUT2D eigenvalue weighted by molar-refractivity contribution is -0.385. The van der Waals surface area contributed by atoms with Crippen molar-refractivity contribution in [3.8, 4) is 0 Å². The molecule has 23 heavy (non-hydrogen) atoms. The van der Waals surface area contributed by atoms with Crippen molar-refractivity contribution in [1.29, 1.82) is 0 Å². The monoisotopic (exact) mass is 341 g/mol. The molecule has 0 unspecified atom stereocenters. The van der Waals surface area contributed by atoms with E-state index < -0.39 is 0 Å². The lowest BCUT2D eigenvalue weighted by Crippen LogP contribution is -2.50. The van der Waals surface area contributed by atoms with Gasteiger partial charge < -0.3 is 9.47 Å². The second kappa shape index (κ2) is 7.55. The van der Waals surface area contributed by atoms with E-state index in [0.717, 1.165) is 31.7 Å². The molecule has 0 amide bonds. The molecular weight excluding hydrogens is 322 g/mol. The maximum absolute atomic E-state index is 11.1. The Balaban J connectivity index is 1.96. The molecule has 0 aromatic heterocycles. The Labute approximate surface area is 139 Å². The number of nitrogens with zero attached hydrogens (tertiary/aromatic N) is 3. The highest BCUT2D eigenvalue weighted by Gasteiger charge is 2.31. The number of nitro benzene ring substituents is 1. The number of hydrogen-bond donors (Lipinski definition) is 0. The maximum atomic E-state index is 11.1. The fraction of sp³-hybridized carbons (Fsp3) is 0.600. The first-order chi connectivity index (χ1) is 11.2. The Morgan fingerprint density at radius 1 is 1.04 bits per heavy atom. The van der Waals surface area contributed by atoms with Gasteiger partial charge in [-0.25, -0.2) is 0 Å². The summed E-state index contributed by atoms with van der Waals surface area (Å²) in [6.45, 7) is 5.76. The van der Waals surface area contributed by atoms with Gasteiger partial charge in [-0.1, -0.05) is 11.6 Å². The molecule has 0 radical (unpaired) electrons. The minimum Gasteiger partial charge on any atom is -0.379 e. The van der Waals surface area contributed by atoms with E-state index in [4.69, 9.17) is 21.1 Å². The van der Waals surface area contributed by atoms with Crippen LogP contribution in [0.15, 0.2) is 18.2 Å². The van der Waals surface area contributed by atoms with Gasteiger partial charge in [0.15, 0.2) is 0 Å². The zero-order valence-corrected chi connectivity index (χ0v) is 13.6. The third-order valence-electron chi connectivity index (χ3n) is 4.25. The molecule has 2 fully saturated rings. The van der Waals surface area contributed by atoms with Crippen molar-refractivity contribution in [3.05, 3.63) is 38.9 Å². The molecule has 0 spiro atoms. The molecular formula is C15H20ClN3O4. The average molecular weight is 342 g/mol. The third kappa shape index (κ3) is 3.81. The molecule has 0 bridgehead atoms. The topological polar surface area (TPSA) is 68.1 Å². The van der Waals surface area contributed by atoms with Crippen LogP contribution < -0.4 is 0 Å². The fourth-order valence-electron chi connectivity index (χ4n) is 3.11. The van der Waals surface area contributed by atoms with Crippen LogP contribution in [-0.2, 0) is 9.47 Å². The fourth-order valence-corrected chi connectivity index (χ4v) is 3.33. The van der Waals surface area contributed by atoms with Crippen LogP contribution in [0.25, 0.3) is 0 Å². The van der Waals surface area contributed by atoms with Crippen LogP contribution in [0.4, 0.5) is 5.69 Å². The van der Waals surface area contributed by atoms with Crippen molar-refractivity contribution in [2.24, 2.45) is 0 Å². The van der Waals surface area contributed by atoms with Gasteiger partial charge in [0.2, 0.25) is 0 Å². The van der Waals surface area contributed by atoms with E-state index in [2.05, 4.69) is 9.80 Å². The van der Waals surface area contributed by atoms with Gasteiger partial charge in [-0.3, -0.25) is 19.9 Å². The first-order valence-corrected chi connectivity index (χ1v) is 8.12. The van der Waals surface area contributed by atoms with E-state index in [0.29, 0.717) is 31.5 Å². The SMILES string of the molecule is O=[N+]([O-])c1ccc(Cl)c(C(N2CCOCC2)N2CCOCC2)c1. The van der Waals surface area contributed by atoms with Crippen LogP contribution in [0.3, 0.4) is 0 Å². The van der Waals surface area contributed by atoms with Crippen LogP contribution in [0, 0.1) is 10.1 Å². The van der Waals surface area contributed by atoms with Gasteiger partial charge >= 0.3 is 0 Å². The second-order valence-electron chi connectivity index (χ2n) is 5.63. The van der Waals surface area contributed by atoms with Gasteiger partial charge in [-0.15, -0.1) is 0 Å². The minimum atomic E-state index is -0.379. The molecule has 0 atom stereocenters. The number of morpholine rings is 2. The number of non-ortho nitro benzene ring substituents is 1. The van der Waals surface area contributed by atoms with Gasteiger partial charge in [0.25, 0.3) is 5.69 Å². The molecule has 2 aliphatic rings. The first kappa shape index (κ1) is 16.6. The Morgan fingerprint density at radius 3 is 2.04 bits per heavy atom. The van der Waals surface area contributed by atoms with Crippen LogP contribution in [0.1, 0.15) is 11.7 Å². The van der Waals surface area contributed by atoms with Gasteiger partial charge in [0.1, 0.15) is 0 Å². The Kier molecular flexibility index (Phi) is 5.45. The van der Waals surface area contributed by atoms with Crippen molar-refractivity contribution >= 4 is 17.3 Å². The average Bonchev–Trinajstić information content (AvgIpc) is 2.58. The first-order valence-electron chi connectivity index (χ1n) is 7.74. The van der Waals surface area contributed by atoms with Crippen LogP contribution in [0.2, 0.25) is 5.02 Å². The Hall–Kier alpha value is -1.25. The predicted molar refractivity (Wildman–Crippen MR) is 85.6 cm³/mol. The van der Waals surface area contributed by atoms with E-state index in [1.807, 2.05) is 0 Å². The standard InChI is InChI=1S/C15H20ClN3O4/c16-14-2-1-12(19(20)21)11-13(14)15(17-3-7-22-8-4-17)18-5-9-23-10-6-18/h1-2,11,15H,3-10H2. The summed E-state index contributed by atoms with van der Waals surface area (Å²) in [6, 6.07) is 4.66. The van der Waals surface area contributed by atoms with E-state index in [-0.39, 0.29) is 16.8 Å². The van der Waals surface area contributed by atoms with Gasteiger partial charge in [-0.2, -0.15) is 0 Å². The molecule has 0 aliphatic carbocycles. The summed E-state index contributed by atoms with van der Waals surface area (Å²) >= 11 is 6.40. The van der Waals surface area contributed by atoms with Gasteiger partial charge in [0.05, 0.1) is 37.5 Å². The van der Waals surface area contributed by atoms with Crippen molar-refractivity contribution in [2.45, 2.75) is 6.17 Å². The van der Waals surface area contributed by atoms with Gasteiger partial charge in [0, 0.05) is 48.9 Å². The molecule has 0 N–H and O–H groups in total. The summed E-state index contributed by atoms with van der Waals surface area (Å²) in [5, 5.41) is 11.7. The summed E-state index contributed by atoms with van der Waals surface area (Å²) in [7, 11) is 0. The van der Waals surface area contributed by atoms with Crippen LogP contribution in [0.5, 0.6) is 0 Å². The molecule has 2 aliphatic heterocycles. The highest BCUT2D eigenvalue weighted by Crippen LogP contribution is 2.34. The molecule has 2 heterocycles. The normalized spacial score (nSPS) is 20.8. The van der Waals surface area contributed by atoms with Crippen molar-refractivity contribution in [3.63, 3.8) is 0 Å². The quantitative estimate of drug-likeness (QED) is 0.615. The van der Waals surface area contributed by atoms with Crippen LogP contribution in [-0.4, -0.2) is 67.3 Å². The van der Waals surface area contributed by atoms with E-state index in [1.165, 1.54) is 6.07 Å². The Morgan fingerprint density at radius 2 is 1.57 bits per heavy atom. The molecule has 7 nitrogen and oxygen atoms in total. The predicted octanol–water partition coefficient (Wildman–Crippen LogP) is 1.91. The number of rotatable bonds is 4. The largest absolute Gasteiger partial charge is 0.379 e. The zero-order valence-electron chi connectivity index (χ0n) is 12.8. The van der Waals surface area contributed by atoms with E-state index in [9.17, 15) is 10.1 Å². The lowest BCUT2D eigenvalue weighted by atomic mass is 10.1. The highest BCUT2D eigenvalue weighted by atomic mass is 35.5. The lowest BCUT2D eigenvalue weighted by Gasteiger charge is -2.43. The number of ether oxygens (including phenoxy) is 2. The zero-order chi connectivity index (χ0) is 16.2. The molecule has 3 rings (SSSR count). The molecule has 2 saturated heterocycles. The molecule has 0 saturated carbocycles. The van der Waals surface area contributed by atoms with E-state index in [1.54, 1.807) is 12.1 Å². The maximum Gasteiger partial charge on any atom is 0.269 e. The van der Waals surface area contributed by atoms with Gasteiger partial charge in [-0.05, 0) is 6.07 Å². The molecule has 1 aromatic rings. The molecule has 126 valence electrons. The summed E-state index contributed by atoms with van der Waals surface area (Å²) in [4.78, 5) is 15.3. The summed E-state index contributed by atoms with van der Waals surface area (Å²) in [5.74, 6) is 0. The van der Waals surface area contributed by atoms with Crippen LogP contribution >= 0.6 is 11.6 Å². The smallest absolute Gasteiger partial charge is 0.269 e. The van der Waals surface area contributed by atoms with Crippen molar-refractivity contribution < 1.29 is 14.4 Å². The minimum absolute atomic E-state index is 0.0657. The summed E-state index contributed by atoms with van der Waals surface area (Å²) < 4.78 is 10.9. The summed E-state index contributed by atoms with van der Waals surface area (Å²) in [6.07, 6.45) is -0.0878. The second-order valence-corrected chi connectivity index (χ2v) is 6.04. The number of nitro groups is 1.